The molecule has 1 fully saturated rings. The number of hydrogen-bond acceptors (Lipinski definition) is 4. The molecular weight excluding hydrogens is 300 g/mol. The highest BCUT2D eigenvalue weighted by Crippen LogP contribution is 2.21. The number of rotatable bonds is 6. The normalized spacial score (nSPS) is 17.3. The summed E-state index contributed by atoms with van der Waals surface area (Å²) in [5.74, 6) is 2.19. The van der Waals surface area contributed by atoms with Gasteiger partial charge in [0.15, 0.2) is 0 Å². The molecule has 1 aromatic carbocycles. The van der Waals surface area contributed by atoms with Crippen LogP contribution in [0.4, 0.5) is 5.82 Å². The van der Waals surface area contributed by atoms with Crippen molar-refractivity contribution in [3.63, 3.8) is 0 Å². The summed E-state index contributed by atoms with van der Waals surface area (Å²) in [7, 11) is 0. The zero-order chi connectivity index (χ0) is 16.9. The lowest BCUT2D eigenvalue weighted by Crippen LogP contribution is -2.25. The molecule has 5 nitrogen and oxygen atoms in total. The van der Waals surface area contributed by atoms with E-state index in [1.54, 1.807) is 0 Å². The molecule has 1 amide bonds. The van der Waals surface area contributed by atoms with E-state index in [4.69, 9.17) is 0 Å². The first-order chi connectivity index (χ1) is 11.6. The van der Waals surface area contributed by atoms with Crippen LogP contribution < -0.4 is 5.32 Å². The second-order valence-electron chi connectivity index (χ2n) is 6.36. The Hall–Kier alpha value is -2.43. The Labute approximate surface area is 143 Å². The number of carbonyl (C=O) groups is 1. The minimum absolute atomic E-state index is 0.235. The van der Waals surface area contributed by atoms with Crippen molar-refractivity contribution in [2.24, 2.45) is 5.92 Å². The molecule has 0 saturated carbocycles. The monoisotopic (exact) mass is 324 g/mol. The Morgan fingerprint density at radius 2 is 2.04 bits per heavy atom. The molecule has 1 aliphatic rings. The van der Waals surface area contributed by atoms with Crippen LogP contribution in [-0.4, -0.2) is 33.9 Å². The maximum Gasteiger partial charge on any atom is 0.223 e. The fraction of sp³-hybridized carbons (Fsp3) is 0.421. The number of aryl methyl sites for hydroxylation is 2. The maximum atomic E-state index is 12.2. The molecule has 1 atom stereocenters. The van der Waals surface area contributed by atoms with Crippen molar-refractivity contribution in [1.82, 2.24) is 14.9 Å². The van der Waals surface area contributed by atoms with E-state index in [2.05, 4.69) is 34.3 Å². The van der Waals surface area contributed by atoms with Gasteiger partial charge in [0.2, 0.25) is 5.91 Å². The number of likely N-dealkylation sites (tertiary alicyclic amines) is 1. The fourth-order valence-corrected chi connectivity index (χ4v) is 3.10. The zero-order valence-electron chi connectivity index (χ0n) is 14.3. The molecule has 126 valence electrons. The molecular formula is C19H24N4O. The Morgan fingerprint density at radius 1 is 1.25 bits per heavy atom. The van der Waals surface area contributed by atoms with Gasteiger partial charge in [-0.3, -0.25) is 4.79 Å². The molecule has 1 aromatic heterocycles. The van der Waals surface area contributed by atoms with Gasteiger partial charge in [-0.25, -0.2) is 9.97 Å². The van der Waals surface area contributed by atoms with E-state index in [0.29, 0.717) is 18.9 Å². The van der Waals surface area contributed by atoms with Gasteiger partial charge in [0.05, 0.1) is 0 Å². The number of aromatic nitrogens is 2. The van der Waals surface area contributed by atoms with Crippen LogP contribution in [0, 0.1) is 12.8 Å². The third kappa shape index (κ3) is 4.10. The standard InChI is InChI=1S/C19H24N4O/c1-3-17-10-18(22-14(2)21-17)20-11-16-9-19(24)23(13-16)12-15-7-5-4-6-8-15/h4-8,10,16H,3,9,11-13H2,1-2H3,(H,20,21,22)/t16-/m0/s1. The molecule has 1 saturated heterocycles. The number of amides is 1. The third-order valence-electron chi connectivity index (χ3n) is 4.34. The number of carbonyl (C=O) groups excluding carboxylic acids is 1. The first kappa shape index (κ1) is 16.4. The van der Waals surface area contributed by atoms with Crippen LogP contribution in [0.15, 0.2) is 36.4 Å². The lowest BCUT2D eigenvalue weighted by molar-refractivity contribution is -0.128. The maximum absolute atomic E-state index is 12.2. The molecule has 2 aromatic rings. The first-order valence-electron chi connectivity index (χ1n) is 8.54. The Bertz CT molecular complexity index is 702. The lowest BCUT2D eigenvalue weighted by atomic mass is 10.1. The van der Waals surface area contributed by atoms with Gasteiger partial charge < -0.3 is 10.2 Å². The summed E-state index contributed by atoms with van der Waals surface area (Å²) in [6.45, 7) is 6.25. The molecule has 0 aliphatic carbocycles. The van der Waals surface area contributed by atoms with Crippen molar-refractivity contribution in [3.05, 3.63) is 53.5 Å². The van der Waals surface area contributed by atoms with Gasteiger partial charge in [0.25, 0.3) is 0 Å². The SMILES string of the molecule is CCc1cc(NC[C@@H]2CC(=O)N(Cc3ccccc3)C2)nc(C)n1. The molecule has 2 heterocycles. The number of nitrogens with zero attached hydrogens (tertiary/aromatic N) is 3. The van der Waals surface area contributed by atoms with E-state index in [1.807, 2.05) is 36.1 Å². The predicted octanol–water partition coefficient (Wildman–Crippen LogP) is 2.81. The number of nitrogens with one attached hydrogen (secondary N) is 1. The van der Waals surface area contributed by atoms with Crippen LogP contribution in [0.2, 0.25) is 0 Å². The summed E-state index contributed by atoms with van der Waals surface area (Å²) < 4.78 is 0. The van der Waals surface area contributed by atoms with E-state index in [-0.39, 0.29) is 5.91 Å². The van der Waals surface area contributed by atoms with E-state index < -0.39 is 0 Å². The summed E-state index contributed by atoms with van der Waals surface area (Å²) in [5, 5.41) is 3.38. The average Bonchev–Trinajstić information content (AvgIpc) is 2.93. The summed E-state index contributed by atoms with van der Waals surface area (Å²) in [6, 6.07) is 12.1. The fourth-order valence-electron chi connectivity index (χ4n) is 3.10. The Morgan fingerprint density at radius 3 is 2.79 bits per heavy atom. The zero-order valence-corrected chi connectivity index (χ0v) is 14.3. The topological polar surface area (TPSA) is 58.1 Å². The van der Waals surface area contributed by atoms with Crippen molar-refractivity contribution >= 4 is 11.7 Å². The smallest absolute Gasteiger partial charge is 0.223 e. The van der Waals surface area contributed by atoms with Crippen LogP contribution in [0.1, 0.15) is 30.4 Å². The third-order valence-corrected chi connectivity index (χ3v) is 4.34. The highest BCUT2D eigenvalue weighted by molar-refractivity contribution is 5.78. The van der Waals surface area contributed by atoms with Gasteiger partial charge in [0.1, 0.15) is 11.6 Å². The van der Waals surface area contributed by atoms with Crippen molar-refractivity contribution in [3.8, 4) is 0 Å². The van der Waals surface area contributed by atoms with Gasteiger partial charge >= 0.3 is 0 Å². The number of anilines is 1. The van der Waals surface area contributed by atoms with Crippen molar-refractivity contribution in [1.29, 1.82) is 0 Å². The van der Waals surface area contributed by atoms with Crippen LogP contribution in [0.5, 0.6) is 0 Å². The van der Waals surface area contributed by atoms with E-state index in [0.717, 1.165) is 36.8 Å². The molecule has 5 heteroatoms. The second-order valence-corrected chi connectivity index (χ2v) is 6.36. The van der Waals surface area contributed by atoms with Crippen LogP contribution in [0.25, 0.3) is 0 Å². The summed E-state index contributed by atoms with van der Waals surface area (Å²) in [6.07, 6.45) is 1.50. The van der Waals surface area contributed by atoms with Crippen molar-refractivity contribution in [2.45, 2.75) is 33.2 Å². The molecule has 0 unspecified atom stereocenters. The van der Waals surface area contributed by atoms with Gasteiger partial charge in [-0.15, -0.1) is 0 Å². The summed E-state index contributed by atoms with van der Waals surface area (Å²) >= 11 is 0. The molecule has 24 heavy (non-hydrogen) atoms. The summed E-state index contributed by atoms with van der Waals surface area (Å²) in [4.78, 5) is 23.0. The average molecular weight is 324 g/mol. The van der Waals surface area contributed by atoms with Gasteiger partial charge in [-0.1, -0.05) is 37.3 Å². The quantitative estimate of drug-likeness (QED) is 0.888. The van der Waals surface area contributed by atoms with Crippen molar-refractivity contribution in [2.75, 3.05) is 18.4 Å². The minimum atomic E-state index is 0.235. The van der Waals surface area contributed by atoms with Crippen molar-refractivity contribution < 1.29 is 4.79 Å². The first-order valence-corrected chi connectivity index (χ1v) is 8.54. The molecule has 1 aliphatic heterocycles. The van der Waals surface area contributed by atoms with E-state index in [1.165, 1.54) is 5.56 Å². The Kier molecular flexibility index (Phi) is 5.08. The Balaban J connectivity index is 1.55. The molecule has 1 N–H and O–H groups in total. The molecule has 0 spiro atoms. The predicted molar refractivity (Wildman–Crippen MR) is 94.6 cm³/mol. The highest BCUT2D eigenvalue weighted by Gasteiger charge is 2.29. The van der Waals surface area contributed by atoms with Crippen LogP contribution in [0.3, 0.4) is 0 Å². The van der Waals surface area contributed by atoms with Crippen LogP contribution >= 0.6 is 0 Å². The van der Waals surface area contributed by atoms with Gasteiger partial charge in [0, 0.05) is 43.7 Å². The lowest BCUT2D eigenvalue weighted by Gasteiger charge is -2.17. The van der Waals surface area contributed by atoms with Gasteiger partial charge in [-0.05, 0) is 18.9 Å². The largest absolute Gasteiger partial charge is 0.370 e. The van der Waals surface area contributed by atoms with Gasteiger partial charge in [-0.2, -0.15) is 0 Å². The molecule has 0 radical (unpaired) electrons. The number of benzene rings is 1. The minimum Gasteiger partial charge on any atom is -0.370 e. The molecule has 0 bridgehead atoms. The second kappa shape index (κ2) is 7.43. The highest BCUT2D eigenvalue weighted by atomic mass is 16.2. The van der Waals surface area contributed by atoms with Crippen LogP contribution in [-0.2, 0) is 17.8 Å². The van der Waals surface area contributed by atoms with E-state index >= 15 is 0 Å². The van der Waals surface area contributed by atoms with E-state index in [9.17, 15) is 4.79 Å². The summed E-state index contributed by atoms with van der Waals surface area (Å²) in [5.41, 5.74) is 2.22. The number of hydrogen-bond donors (Lipinski definition) is 1. The molecule has 3 rings (SSSR count).